The minimum absolute atomic E-state index is 0.125. The summed E-state index contributed by atoms with van der Waals surface area (Å²) >= 11 is 0. The molecule has 0 amide bonds. The molecular formula is C15H17F3N4O. The van der Waals surface area contributed by atoms with Gasteiger partial charge in [-0.05, 0) is 5.56 Å². The van der Waals surface area contributed by atoms with E-state index in [-0.39, 0.29) is 18.4 Å². The molecule has 23 heavy (non-hydrogen) atoms. The van der Waals surface area contributed by atoms with Crippen LogP contribution in [0.5, 0.6) is 0 Å². The Bertz CT molecular complexity index is 647. The minimum atomic E-state index is -4.58. The highest BCUT2D eigenvalue weighted by molar-refractivity contribution is 5.45. The van der Waals surface area contributed by atoms with Gasteiger partial charge in [-0.2, -0.15) is 18.2 Å². The number of benzene rings is 1. The van der Waals surface area contributed by atoms with E-state index >= 15 is 0 Å². The van der Waals surface area contributed by atoms with Crippen LogP contribution in [0.4, 0.5) is 24.9 Å². The van der Waals surface area contributed by atoms with Crippen molar-refractivity contribution < 1.29 is 18.3 Å². The van der Waals surface area contributed by atoms with Gasteiger partial charge >= 0.3 is 6.18 Å². The maximum atomic E-state index is 13.0. The van der Waals surface area contributed by atoms with Gasteiger partial charge < -0.3 is 15.3 Å². The lowest BCUT2D eigenvalue weighted by molar-refractivity contribution is -0.141. The summed E-state index contributed by atoms with van der Waals surface area (Å²) in [6.07, 6.45) is -4.58. The minimum Gasteiger partial charge on any atom is -0.394 e. The molecule has 2 N–H and O–H groups in total. The van der Waals surface area contributed by atoms with Gasteiger partial charge in [0.2, 0.25) is 5.95 Å². The van der Waals surface area contributed by atoms with Crippen molar-refractivity contribution in [3.63, 3.8) is 0 Å². The molecule has 1 aromatic heterocycles. The zero-order valence-electron chi connectivity index (χ0n) is 12.7. The molecule has 5 nitrogen and oxygen atoms in total. The molecule has 124 valence electrons. The average Bonchev–Trinajstić information content (AvgIpc) is 2.52. The summed E-state index contributed by atoms with van der Waals surface area (Å²) in [4.78, 5) is 9.02. The largest absolute Gasteiger partial charge is 0.433 e. The number of anilines is 2. The Morgan fingerprint density at radius 2 is 1.83 bits per heavy atom. The van der Waals surface area contributed by atoms with Gasteiger partial charge in [0.05, 0.1) is 12.6 Å². The molecule has 2 rings (SSSR count). The lowest BCUT2D eigenvalue weighted by Crippen LogP contribution is -2.21. The van der Waals surface area contributed by atoms with Gasteiger partial charge in [0.15, 0.2) is 5.69 Å². The second kappa shape index (κ2) is 6.82. The molecule has 0 fully saturated rings. The zero-order chi connectivity index (χ0) is 17.0. The third-order valence-corrected chi connectivity index (χ3v) is 3.15. The van der Waals surface area contributed by atoms with Crippen LogP contribution in [-0.2, 0) is 6.18 Å². The Morgan fingerprint density at radius 1 is 1.17 bits per heavy atom. The number of aliphatic hydroxyl groups is 1. The second-order valence-corrected chi connectivity index (χ2v) is 5.12. The van der Waals surface area contributed by atoms with Gasteiger partial charge in [-0.1, -0.05) is 30.3 Å². The van der Waals surface area contributed by atoms with Crippen LogP contribution in [-0.4, -0.2) is 35.8 Å². The predicted molar refractivity (Wildman–Crippen MR) is 81.3 cm³/mol. The number of hydrogen-bond donors (Lipinski definition) is 2. The molecule has 0 unspecified atom stereocenters. The molecule has 0 saturated carbocycles. The van der Waals surface area contributed by atoms with E-state index in [0.717, 1.165) is 11.6 Å². The van der Waals surface area contributed by atoms with Gasteiger partial charge in [0, 0.05) is 20.2 Å². The quantitative estimate of drug-likeness (QED) is 0.885. The number of aromatic nitrogens is 2. The molecule has 0 aliphatic rings. The van der Waals surface area contributed by atoms with Crippen molar-refractivity contribution in [1.82, 2.24) is 9.97 Å². The van der Waals surface area contributed by atoms with Gasteiger partial charge in [-0.3, -0.25) is 0 Å². The fourth-order valence-electron chi connectivity index (χ4n) is 1.95. The first-order valence-electron chi connectivity index (χ1n) is 6.87. The van der Waals surface area contributed by atoms with E-state index in [1.807, 2.05) is 6.07 Å². The Hall–Kier alpha value is -2.35. The molecule has 0 aliphatic carbocycles. The molecule has 0 aliphatic heterocycles. The average molecular weight is 326 g/mol. The summed E-state index contributed by atoms with van der Waals surface area (Å²) in [5, 5.41) is 12.3. The first kappa shape index (κ1) is 17.0. The van der Waals surface area contributed by atoms with Crippen molar-refractivity contribution in [1.29, 1.82) is 0 Å². The van der Waals surface area contributed by atoms with E-state index in [4.69, 9.17) is 0 Å². The van der Waals surface area contributed by atoms with Gasteiger partial charge in [0.1, 0.15) is 5.82 Å². The molecule has 0 radical (unpaired) electrons. The van der Waals surface area contributed by atoms with Crippen molar-refractivity contribution in [2.45, 2.75) is 12.2 Å². The van der Waals surface area contributed by atoms with E-state index < -0.39 is 17.9 Å². The first-order chi connectivity index (χ1) is 10.8. The molecule has 2 aromatic rings. The molecular weight excluding hydrogens is 309 g/mol. The summed E-state index contributed by atoms with van der Waals surface area (Å²) in [5.41, 5.74) is -0.314. The zero-order valence-corrected chi connectivity index (χ0v) is 12.7. The highest BCUT2D eigenvalue weighted by Gasteiger charge is 2.34. The first-order valence-corrected chi connectivity index (χ1v) is 6.87. The Balaban J connectivity index is 2.36. The van der Waals surface area contributed by atoms with Crippen LogP contribution >= 0.6 is 0 Å². The van der Waals surface area contributed by atoms with E-state index in [1.165, 1.54) is 4.90 Å². The molecule has 1 atom stereocenters. The maximum absolute atomic E-state index is 13.0. The smallest absolute Gasteiger partial charge is 0.394 e. The molecule has 1 aromatic carbocycles. The Labute approximate surface area is 131 Å². The SMILES string of the molecule is CN(C)c1cc(C(F)(F)F)nc(N[C@H](CO)c2ccccc2)n1. The summed E-state index contributed by atoms with van der Waals surface area (Å²) in [5.74, 6) is -0.0639. The molecule has 0 spiro atoms. The summed E-state index contributed by atoms with van der Waals surface area (Å²) in [6, 6.07) is 9.15. The van der Waals surface area contributed by atoms with Gasteiger partial charge in [0.25, 0.3) is 0 Å². The monoisotopic (exact) mass is 326 g/mol. The maximum Gasteiger partial charge on any atom is 0.433 e. The third kappa shape index (κ3) is 4.32. The van der Waals surface area contributed by atoms with Crippen LogP contribution in [0.3, 0.4) is 0 Å². The fourth-order valence-corrected chi connectivity index (χ4v) is 1.95. The van der Waals surface area contributed by atoms with E-state index in [9.17, 15) is 18.3 Å². The number of hydrogen-bond acceptors (Lipinski definition) is 5. The van der Waals surface area contributed by atoms with Crippen LogP contribution in [0.15, 0.2) is 36.4 Å². The normalized spacial score (nSPS) is 12.8. The van der Waals surface area contributed by atoms with Crippen LogP contribution in [0, 0.1) is 0 Å². The number of halogens is 3. The number of rotatable bonds is 5. The van der Waals surface area contributed by atoms with Crippen molar-refractivity contribution in [2.75, 3.05) is 30.9 Å². The highest BCUT2D eigenvalue weighted by Crippen LogP contribution is 2.30. The second-order valence-electron chi connectivity index (χ2n) is 5.12. The molecule has 8 heteroatoms. The summed E-state index contributed by atoms with van der Waals surface area (Å²) < 4.78 is 38.9. The van der Waals surface area contributed by atoms with Crippen LogP contribution in [0.2, 0.25) is 0 Å². The van der Waals surface area contributed by atoms with Crippen molar-refractivity contribution >= 4 is 11.8 Å². The molecule has 0 saturated heterocycles. The van der Waals surface area contributed by atoms with E-state index in [0.29, 0.717) is 0 Å². The predicted octanol–water partition coefficient (Wildman–Crippen LogP) is 2.71. The van der Waals surface area contributed by atoms with Crippen molar-refractivity contribution in [2.24, 2.45) is 0 Å². The van der Waals surface area contributed by atoms with Gasteiger partial charge in [-0.25, -0.2) is 4.98 Å². The van der Waals surface area contributed by atoms with Crippen molar-refractivity contribution in [3.8, 4) is 0 Å². The highest BCUT2D eigenvalue weighted by atomic mass is 19.4. The fraction of sp³-hybridized carbons (Fsp3) is 0.333. The summed E-state index contributed by atoms with van der Waals surface area (Å²) in [6.45, 7) is -0.305. The number of aliphatic hydroxyl groups excluding tert-OH is 1. The Kier molecular flexibility index (Phi) is 5.05. The summed E-state index contributed by atoms with van der Waals surface area (Å²) in [7, 11) is 3.18. The number of nitrogens with one attached hydrogen (secondary N) is 1. The van der Waals surface area contributed by atoms with Crippen LogP contribution < -0.4 is 10.2 Å². The van der Waals surface area contributed by atoms with Crippen LogP contribution in [0.1, 0.15) is 17.3 Å². The topological polar surface area (TPSA) is 61.3 Å². The van der Waals surface area contributed by atoms with Crippen molar-refractivity contribution in [3.05, 3.63) is 47.7 Å². The van der Waals surface area contributed by atoms with Crippen LogP contribution in [0.25, 0.3) is 0 Å². The lowest BCUT2D eigenvalue weighted by atomic mass is 10.1. The van der Waals surface area contributed by atoms with E-state index in [2.05, 4.69) is 15.3 Å². The lowest BCUT2D eigenvalue weighted by Gasteiger charge is -2.20. The number of alkyl halides is 3. The van der Waals surface area contributed by atoms with E-state index in [1.54, 1.807) is 38.4 Å². The molecule has 0 bridgehead atoms. The standard InChI is InChI=1S/C15H17F3N4O/c1-22(2)13-8-12(15(16,17)18)20-14(21-13)19-11(9-23)10-6-4-3-5-7-10/h3-8,11,23H,9H2,1-2H3,(H,19,20,21)/t11-/m1/s1. The van der Waals surface area contributed by atoms with Gasteiger partial charge in [-0.15, -0.1) is 0 Å². The number of nitrogens with zero attached hydrogens (tertiary/aromatic N) is 3. The Morgan fingerprint density at radius 3 is 2.35 bits per heavy atom. The third-order valence-electron chi connectivity index (χ3n) is 3.15. The molecule has 1 heterocycles.